The number of thioether (sulfide) groups is 2. The second-order valence-electron chi connectivity index (χ2n) is 6.56. The lowest BCUT2D eigenvalue weighted by molar-refractivity contribution is 0.771. The van der Waals surface area contributed by atoms with Gasteiger partial charge in [-0.25, -0.2) is 9.67 Å². The number of fused-ring (bicyclic) bond motifs is 2. The summed E-state index contributed by atoms with van der Waals surface area (Å²) in [6.45, 7) is 0. The number of nitrogens with zero attached hydrogens (tertiary/aromatic N) is 3. The molecule has 0 N–H and O–H groups in total. The first-order valence-corrected chi connectivity index (χ1v) is 10.9. The van der Waals surface area contributed by atoms with Gasteiger partial charge in [0.15, 0.2) is 0 Å². The van der Waals surface area contributed by atoms with Crippen LogP contribution in [0, 0.1) is 0 Å². The van der Waals surface area contributed by atoms with E-state index in [2.05, 4.69) is 59.3 Å². The molecule has 0 bridgehead atoms. The van der Waals surface area contributed by atoms with Crippen LogP contribution in [0.1, 0.15) is 28.9 Å². The van der Waals surface area contributed by atoms with Crippen molar-refractivity contribution in [2.45, 2.75) is 30.8 Å². The van der Waals surface area contributed by atoms with Crippen molar-refractivity contribution in [3.8, 4) is 5.69 Å². The molecular weight excluding hydrogens is 358 g/mol. The summed E-state index contributed by atoms with van der Waals surface area (Å²) >= 11 is 3.67. The molecular formula is C21H19N3S2. The Morgan fingerprint density at radius 3 is 2.77 bits per heavy atom. The summed E-state index contributed by atoms with van der Waals surface area (Å²) in [5.41, 5.74) is 7.71. The van der Waals surface area contributed by atoms with Crippen molar-refractivity contribution in [3.63, 3.8) is 0 Å². The third-order valence-electron chi connectivity index (χ3n) is 4.90. The maximum Gasteiger partial charge on any atom is 0.131 e. The van der Waals surface area contributed by atoms with Crippen molar-refractivity contribution < 1.29 is 0 Å². The molecule has 1 aliphatic carbocycles. The largest absolute Gasteiger partial charge is 0.237 e. The number of hydrogen-bond acceptors (Lipinski definition) is 4. The zero-order valence-corrected chi connectivity index (χ0v) is 16.0. The number of hydrogen-bond donors (Lipinski definition) is 0. The predicted molar refractivity (Wildman–Crippen MR) is 112 cm³/mol. The average molecular weight is 378 g/mol. The van der Waals surface area contributed by atoms with Gasteiger partial charge in [0.05, 0.1) is 17.1 Å². The van der Waals surface area contributed by atoms with Crippen molar-refractivity contribution in [2.24, 2.45) is 4.99 Å². The molecule has 1 aliphatic heterocycles. The van der Waals surface area contributed by atoms with Crippen molar-refractivity contribution in [3.05, 3.63) is 77.1 Å². The quantitative estimate of drug-likeness (QED) is 0.601. The zero-order valence-electron chi connectivity index (χ0n) is 14.4. The molecule has 0 saturated carbocycles. The molecule has 5 heteroatoms. The summed E-state index contributed by atoms with van der Waals surface area (Å²) in [6, 6.07) is 18.9. The number of aromatic nitrogens is 2. The molecule has 0 radical (unpaired) electrons. The summed E-state index contributed by atoms with van der Waals surface area (Å²) in [7, 11) is 0. The summed E-state index contributed by atoms with van der Waals surface area (Å²) in [4.78, 5) is 4.83. The third kappa shape index (κ3) is 2.99. The van der Waals surface area contributed by atoms with Crippen LogP contribution in [0.15, 0.2) is 59.6 Å². The van der Waals surface area contributed by atoms with Gasteiger partial charge in [0, 0.05) is 17.2 Å². The van der Waals surface area contributed by atoms with Crippen LogP contribution in [0.2, 0.25) is 0 Å². The lowest BCUT2D eigenvalue weighted by Gasteiger charge is -2.13. The molecule has 3 aromatic rings. The Balaban J connectivity index is 1.40. The van der Waals surface area contributed by atoms with Crippen LogP contribution < -0.4 is 0 Å². The fourth-order valence-corrected chi connectivity index (χ4v) is 5.66. The van der Waals surface area contributed by atoms with Gasteiger partial charge in [0.25, 0.3) is 0 Å². The lowest BCUT2D eigenvalue weighted by Crippen LogP contribution is -2.01. The molecule has 3 nitrogen and oxygen atoms in total. The maximum atomic E-state index is 4.96. The normalized spacial score (nSPS) is 15.5. The fourth-order valence-electron chi connectivity index (χ4n) is 3.63. The summed E-state index contributed by atoms with van der Waals surface area (Å²) in [5.74, 6) is 1.91. The molecule has 2 heterocycles. The Kier molecular flexibility index (Phi) is 4.35. The highest BCUT2D eigenvalue weighted by atomic mass is 32.2. The Bertz CT molecular complexity index is 976. The topological polar surface area (TPSA) is 30.2 Å². The van der Waals surface area contributed by atoms with Crippen LogP contribution in [0.5, 0.6) is 0 Å². The minimum Gasteiger partial charge on any atom is -0.237 e. The van der Waals surface area contributed by atoms with Crippen molar-refractivity contribution >= 4 is 33.6 Å². The van der Waals surface area contributed by atoms with Gasteiger partial charge in [-0.3, -0.25) is 0 Å². The van der Waals surface area contributed by atoms with E-state index in [-0.39, 0.29) is 0 Å². The van der Waals surface area contributed by atoms with E-state index >= 15 is 0 Å². The molecule has 0 amide bonds. The smallest absolute Gasteiger partial charge is 0.131 e. The summed E-state index contributed by atoms with van der Waals surface area (Å²) in [5, 5.41) is 4.96. The third-order valence-corrected chi connectivity index (χ3v) is 7.16. The van der Waals surface area contributed by atoms with Crippen LogP contribution in [0.25, 0.3) is 5.69 Å². The zero-order chi connectivity index (χ0) is 17.3. The first kappa shape index (κ1) is 16.2. The van der Waals surface area contributed by atoms with Gasteiger partial charge in [0.2, 0.25) is 0 Å². The predicted octanol–water partition coefficient (Wildman–Crippen LogP) is 5.53. The highest BCUT2D eigenvalue weighted by molar-refractivity contribution is 8.38. The Hall–Kier alpha value is -1.98. The van der Waals surface area contributed by atoms with Gasteiger partial charge in [-0.2, -0.15) is 5.10 Å². The molecule has 2 aromatic carbocycles. The Labute approximate surface area is 161 Å². The minimum absolute atomic E-state index is 0.899. The van der Waals surface area contributed by atoms with E-state index in [0.717, 1.165) is 34.4 Å². The molecule has 2 aliphatic rings. The van der Waals surface area contributed by atoms with E-state index in [1.165, 1.54) is 34.6 Å². The van der Waals surface area contributed by atoms with Gasteiger partial charge in [-0.15, -0.1) is 0 Å². The van der Waals surface area contributed by atoms with Gasteiger partial charge < -0.3 is 0 Å². The van der Waals surface area contributed by atoms with E-state index in [9.17, 15) is 0 Å². The second-order valence-corrected chi connectivity index (χ2v) is 8.74. The molecule has 0 atom stereocenters. The van der Waals surface area contributed by atoms with E-state index in [0.29, 0.717) is 0 Å². The van der Waals surface area contributed by atoms with Crippen LogP contribution in [-0.4, -0.2) is 14.2 Å². The monoisotopic (exact) mass is 377 g/mol. The average Bonchev–Trinajstić information content (AvgIpc) is 3.30. The molecule has 1 aromatic heterocycles. The molecule has 130 valence electrons. The van der Waals surface area contributed by atoms with Crippen molar-refractivity contribution in [2.75, 3.05) is 0 Å². The minimum atomic E-state index is 0.899. The molecule has 0 spiro atoms. The Morgan fingerprint density at radius 1 is 1.00 bits per heavy atom. The second kappa shape index (κ2) is 6.97. The maximum absolute atomic E-state index is 4.96. The fraction of sp³-hybridized carbons (Fsp3) is 0.238. The summed E-state index contributed by atoms with van der Waals surface area (Å²) < 4.78 is 3.31. The lowest BCUT2D eigenvalue weighted by atomic mass is 10.2. The first-order valence-electron chi connectivity index (χ1n) is 8.96. The molecule has 0 unspecified atom stereocenters. The first-order chi connectivity index (χ1) is 12.9. The van der Waals surface area contributed by atoms with Crippen LogP contribution >= 0.6 is 23.5 Å². The van der Waals surface area contributed by atoms with Crippen LogP contribution in [0.4, 0.5) is 5.69 Å². The van der Waals surface area contributed by atoms with E-state index in [1.807, 2.05) is 23.5 Å². The van der Waals surface area contributed by atoms with Gasteiger partial charge in [-0.05, 0) is 48.6 Å². The standard InChI is InChI=1S/C21H19N3S2/c1-2-8-16(9-3-1)24-20-12-6-10-17(20)19(23-24)14-26-21-22-18-11-5-4-7-15(18)13-25-21/h1-5,7-9,11H,6,10,12-14H2. The number of aliphatic imine (C=N–C) groups is 1. The van der Waals surface area contributed by atoms with E-state index in [4.69, 9.17) is 10.1 Å². The highest BCUT2D eigenvalue weighted by Crippen LogP contribution is 2.37. The molecule has 26 heavy (non-hydrogen) atoms. The van der Waals surface area contributed by atoms with Gasteiger partial charge in [-0.1, -0.05) is 59.9 Å². The highest BCUT2D eigenvalue weighted by Gasteiger charge is 2.23. The Morgan fingerprint density at radius 2 is 1.85 bits per heavy atom. The number of para-hydroxylation sites is 2. The molecule has 5 rings (SSSR count). The van der Waals surface area contributed by atoms with Crippen LogP contribution in [-0.2, 0) is 24.3 Å². The van der Waals surface area contributed by atoms with Crippen LogP contribution in [0.3, 0.4) is 0 Å². The number of benzene rings is 2. The van der Waals surface area contributed by atoms with Gasteiger partial charge >= 0.3 is 0 Å². The molecule has 0 saturated heterocycles. The van der Waals surface area contributed by atoms with E-state index < -0.39 is 0 Å². The SMILES string of the molecule is c1ccc(-n2nc(CSC3=Nc4ccccc4CS3)c3c2CCC3)cc1. The van der Waals surface area contributed by atoms with Crippen molar-refractivity contribution in [1.29, 1.82) is 0 Å². The number of rotatable bonds is 3. The van der Waals surface area contributed by atoms with Gasteiger partial charge in [0.1, 0.15) is 4.38 Å². The summed E-state index contributed by atoms with van der Waals surface area (Å²) in [6.07, 6.45) is 3.52. The van der Waals surface area contributed by atoms with Crippen molar-refractivity contribution in [1.82, 2.24) is 9.78 Å². The molecule has 0 fully saturated rings. The van der Waals surface area contributed by atoms with E-state index in [1.54, 1.807) is 0 Å².